The molecule has 0 aliphatic carbocycles. The Morgan fingerprint density at radius 3 is 2.84 bits per heavy atom. The Morgan fingerprint density at radius 2 is 2.08 bits per heavy atom. The van der Waals surface area contributed by atoms with Gasteiger partial charge in [0.15, 0.2) is 6.10 Å². The van der Waals surface area contributed by atoms with Crippen LogP contribution in [0.2, 0.25) is 0 Å². The van der Waals surface area contributed by atoms with E-state index in [1.54, 1.807) is 19.3 Å². The SMILES string of the molecule is Cn1cncc1C(O)C(=O)NCC(=O)Nc1cccc2cccnc12. The van der Waals surface area contributed by atoms with Crippen LogP contribution in [-0.2, 0) is 16.6 Å². The number of aliphatic hydroxyl groups excluding tert-OH is 1. The standard InChI is InChI=1S/C17H17N5O3/c1-22-10-18-8-13(22)16(24)17(25)20-9-14(23)21-12-6-2-4-11-5-3-7-19-15(11)12/h2-8,10,16,24H,9H2,1H3,(H,20,25)(H,21,23). The first-order chi connectivity index (χ1) is 12.1. The van der Waals surface area contributed by atoms with Crippen LogP contribution in [0.1, 0.15) is 11.8 Å². The van der Waals surface area contributed by atoms with Crippen molar-refractivity contribution >= 4 is 28.4 Å². The lowest BCUT2D eigenvalue weighted by Crippen LogP contribution is -2.36. The van der Waals surface area contributed by atoms with Gasteiger partial charge in [0, 0.05) is 18.6 Å². The summed E-state index contributed by atoms with van der Waals surface area (Å²) in [6, 6.07) is 9.14. The second-order valence-electron chi connectivity index (χ2n) is 5.48. The normalized spacial score (nSPS) is 11.9. The molecular weight excluding hydrogens is 322 g/mol. The van der Waals surface area contributed by atoms with Gasteiger partial charge in [0.25, 0.3) is 5.91 Å². The number of hydrogen-bond acceptors (Lipinski definition) is 5. The largest absolute Gasteiger partial charge is 0.377 e. The van der Waals surface area contributed by atoms with Crippen LogP contribution in [0.5, 0.6) is 0 Å². The van der Waals surface area contributed by atoms with E-state index < -0.39 is 17.9 Å². The van der Waals surface area contributed by atoms with Crippen LogP contribution in [0.3, 0.4) is 0 Å². The number of pyridine rings is 1. The molecular formula is C17H17N5O3. The Labute approximate surface area is 143 Å². The number of aliphatic hydroxyl groups is 1. The minimum absolute atomic E-state index is 0.267. The van der Waals surface area contributed by atoms with Crippen LogP contribution < -0.4 is 10.6 Å². The maximum absolute atomic E-state index is 12.1. The van der Waals surface area contributed by atoms with E-state index in [4.69, 9.17) is 0 Å². The zero-order valence-corrected chi connectivity index (χ0v) is 13.5. The van der Waals surface area contributed by atoms with Crippen molar-refractivity contribution in [1.82, 2.24) is 19.9 Å². The molecule has 2 aromatic heterocycles. The van der Waals surface area contributed by atoms with E-state index in [9.17, 15) is 14.7 Å². The van der Waals surface area contributed by atoms with Crippen molar-refractivity contribution in [2.75, 3.05) is 11.9 Å². The number of anilines is 1. The second kappa shape index (κ2) is 7.10. The lowest BCUT2D eigenvalue weighted by Gasteiger charge is -2.12. The number of carbonyl (C=O) groups excluding carboxylic acids is 2. The molecule has 0 saturated carbocycles. The van der Waals surface area contributed by atoms with Gasteiger partial charge in [0.1, 0.15) is 0 Å². The highest BCUT2D eigenvalue weighted by Gasteiger charge is 2.20. The number of nitrogens with one attached hydrogen (secondary N) is 2. The predicted octanol–water partition coefficient (Wildman–Crippen LogP) is 0.757. The third-order valence-corrected chi connectivity index (χ3v) is 3.71. The predicted molar refractivity (Wildman–Crippen MR) is 91.6 cm³/mol. The quantitative estimate of drug-likeness (QED) is 0.636. The van der Waals surface area contributed by atoms with E-state index in [-0.39, 0.29) is 6.54 Å². The lowest BCUT2D eigenvalue weighted by molar-refractivity contribution is -0.131. The minimum Gasteiger partial charge on any atom is -0.377 e. The smallest absolute Gasteiger partial charge is 0.255 e. The topological polar surface area (TPSA) is 109 Å². The summed E-state index contributed by atoms with van der Waals surface area (Å²) in [4.78, 5) is 32.1. The number of aryl methyl sites for hydroxylation is 1. The Hall–Kier alpha value is -3.26. The summed E-state index contributed by atoms with van der Waals surface area (Å²) in [6.45, 7) is -0.267. The van der Waals surface area contributed by atoms with Crippen LogP contribution in [0.15, 0.2) is 49.1 Å². The first-order valence-electron chi connectivity index (χ1n) is 7.62. The van der Waals surface area contributed by atoms with E-state index in [0.717, 1.165) is 5.39 Å². The third kappa shape index (κ3) is 3.64. The summed E-state index contributed by atoms with van der Waals surface area (Å²) >= 11 is 0. The molecule has 0 aliphatic heterocycles. The average Bonchev–Trinajstić information content (AvgIpc) is 3.05. The van der Waals surface area contributed by atoms with Gasteiger partial charge in [-0.25, -0.2) is 4.98 Å². The van der Waals surface area contributed by atoms with Gasteiger partial charge in [-0.05, 0) is 12.1 Å². The Morgan fingerprint density at radius 1 is 1.28 bits per heavy atom. The second-order valence-corrected chi connectivity index (χ2v) is 5.48. The third-order valence-electron chi connectivity index (χ3n) is 3.71. The van der Waals surface area contributed by atoms with Crippen LogP contribution in [0.25, 0.3) is 10.9 Å². The van der Waals surface area contributed by atoms with Crippen molar-refractivity contribution in [3.8, 4) is 0 Å². The van der Waals surface area contributed by atoms with E-state index in [1.165, 1.54) is 17.1 Å². The fourth-order valence-corrected chi connectivity index (χ4v) is 2.43. The summed E-state index contributed by atoms with van der Waals surface area (Å²) in [5.41, 5.74) is 1.57. The maximum atomic E-state index is 12.1. The van der Waals surface area contributed by atoms with E-state index in [1.807, 2.05) is 24.3 Å². The van der Waals surface area contributed by atoms with Crippen LogP contribution in [-0.4, -0.2) is 38.0 Å². The maximum Gasteiger partial charge on any atom is 0.255 e. The molecule has 3 aromatic rings. The van der Waals surface area contributed by atoms with Gasteiger partial charge in [-0.2, -0.15) is 0 Å². The summed E-state index contributed by atoms with van der Waals surface area (Å²) in [6.07, 6.45) is 3.13. The molecule has 0 spiro atoms. The van der Waals surface area contributed by atoms with E-state index in [2.05, 4.69) is 20.6 Å². The monoisotopic (exact) mass is 339 g/mol. The molecule has 25 heavy (non-hydrogen) atoms. The van der Waals surface area contributed by atoms with Crippen LogP contribution >= 0.6 is 0 Å². The van der Waals surface area contributed by atoms with Gasteiger partial charge in [-0.1, -0.05) is 18.2 Å². The van der Waals surface area contributed by atoms with Crippen molar-refractivity contribution in [3.05, 3.63) is 54.7 Å². The summed E-state index contributed by atoms with van der Waals surface area (Å²) < 4.78 is 1.53. The number of nitrogens with zero attached hydrogens (tertiary/aromatic N) is 3. The number of imidazole rings is 1. The fraction of sp³-hybridized carbons (Fsp3) is 0.176. The molecule has 2 heterocycles. The van der Waals surface area contributed by atoms with Crippen molar-refractivity contribution in [3.63, 3.8) is 0 Å². The Kier molecular flexibility index (Phi) is 4.71. The number of para-hydroxylation sites is 1. The Balaban J connectivity index is 1.61. The van der Waals surface area contributed by atoms with Crippen molar-refractivity contribution < 1.29 is 14.7 Å². The highest BCUT2D eigenvalue weighted by atomic mass is 16.3. The highest BCUT2D eigenvalue weighted by molar-refractivity contribution is 6.01. The molecule has 8 heteroatoms. The average molecular weight is 339 g/mol. The highest BCUT2D eigenvalue weighted by Crippen LogP contribution is 2.20. The van der Waals surface area contributed by atoms with Crippen molar-refractivity contribution in [2.24, 2.45) is 7.05 Å². The van der Waals surface area contributed by atoms with Crippen molar-refractivity contribution in [2.45, 2.75) is 6.10 Å². The molecule has 0 saturated heterocycles. The molecule has 3 N–H and O–H groups in total. The van der Waals surface area contributed by atoms with Gasteiger partial charge < -0.3 is 20.3 Å². The molecule has 3 rings (SSSR count). The van der Waals surface area contributed by atoms with Gasteiger partial charge in [-0.3, -0.25) is 14.6 Å². The van der Waals surface area contributed by atoms with E-state index in [0.29, 0.717) is 16.9 Å². The number of fused-ring (bicyclic) bond motifs is 1. The number of aromatic nitrogens is 3. The molecule has 0 bridgehead atoms. The number of hydrogen-bond donors (Lipinski definition) is 3. The molecule has 0 aliphatic rings. The molecule has 1 atom stereocenters. The van der Waals surface area contributed by atoms with Gasteiger partial charge in [0.05, 0.1) is 36.0 Å². The number of rotatable bonds is 5. The van der Waals surface area contributed by atoms with Crippen molar-refractivity contribution in [1.29, 1.82) is 0 Å². The van der Waals surface area contributed by atoms with Gasteiger partial charge in [0.2, 0.25) is 5.91 Å². The first kappa shape index (κ1) is 16.6. The molecule has 1 aromatic carbocycles. The molecule has 1 unspecified atom stereocenters. The molecule has 0 fully saturated rings. The molecule has 8 nitrogen and oxygen atoms in total. The first-order valence-corrected chi connectivity index (χ1v) is 7.62. The Bertz CT molecular complexity index is 916. The zero-order chi connectivity index (χ0) is 17.8. The number of amides is 2. The van der Waals surface area contributed by atoms with Crippen LogP contribution in [0, 0.1) is 0 Å². The number of carbonyl (C=O) groups is 2. The molecule has 128 valence electrons. The number of benzene rings is 1. The lowest BCUT2D eigenvalue weighted by atomic mass is 10.2. The van der Waals surface area contributed by atoms with Gasteiger partial charge in [-0.15, -0.1) is 0 Å². The van der Waals surface area contributed by atoms with Crippen LogP contribution in [0.4, 0.5) is 5.69 Å². The minimum atomic E-state index is -1.39. The fourth-order valence-electron chi connectivity index (χ4n) is 2.43. The molecule has 2 amide bonds. The summed E-state index contributed by atoms with van der Waals surface area (Å²) in [5.74, 6) is -1.08. The zero-order valence-electron chi connectivity index (χ0n) is 13.5. The van der Waals surface area contributed by atoms with E-state index >= 15 is 0 Å². The summed E-state index contributed by atoms with van der Waals surface area (Å²) in [5, 5.41) is 16.0. The summed E-state index contributed by atoms with van der Waals surface area (Å²) in [7, 11) is 1.67. The van der Waals surface area contributed by atoms with Gasteiger partial charge >= 0.3 is 0 Å². The molecule has 0 radical (unpaired) electrons.